The van der Waals surface area contributed by atoms with E-state index in [1.165, 1.54) is 0 Å². The summed E-state index contributed by atoms with van der Waals surface area (Å²) in [5, 5.41) is 10.0. The zero-order valence-electron chi connectivity index (χ0n) is 11.7. The third-order valence-corrected chi connectivity index (χ3v) is 8.20. The Labute approximate surface area is 102 Å². The first-order chi connectivity index (χ1) is 7.12. The van der Waals surface area contributed by atoms with Gasteiger partial charge in [0.15, 0.2) is 8.32 Å². The predicted molar refractivity (Wildman–Crippen MR) is 73.1 cm³/mol. The highest BCUT2D eigenvalue weighted by Crippen LogP contribution is 2.36. The quantitative estimate of drug-likeness (QED) is 0.571. The molecule has 3 heteroatoms. The first-order valence-corrected chi connectivity index (χ1v) is 8.97. The van der Waals surface area contributed by atoms with Gasteiger partial charge in [-0.1, -0.05) is 33.8 Å². The number of hydrogen-bond acceptors (Lipinski definition) is 2. The molecule has 96 valence electrons. The lowest BCUT2D eigenvalue weighted by Gasteiger charge is -2.36. The van der Waals surface area contributed by atoms with E-state index in [0.29, 0.717) is 13.0 Å². The van der Waals surface area contributed by atoms with Crippen molar-refractivity contribution < 1.29 is 9.53 Å². The molecule has 0 bridgehead atoms. The second-order valence-corrected chi connectivity index (χ2v) is 10.9. The molecule has 0 fully saturated rings. The van der Waals surface area contributed by atoms with Gasteiger partial charge in [0.1, 0.15) is 0 Å². The van der Waals surface area contributed by atoms with E-state index in [1.807, 2.05) is 6.92 Å². The van der Waals surface area contributed by atoms with Crippen LogP contribution in [0.1, 0.15) is 34.1 Å². The highest BCUT2D eigenvalue weighted by Gasteiger charge is 2.37. The lowest BCUT2D eigenvalue weighted by atomic mass is 10.0. The Morgan fingerprint density at radius 3 is 2.25 bits per heavy atom. The van der Waals surface area contributed by atoms with Gasteiger partial charge in [-0.3, -0.25) is 0 Å². The van der Waals surface area contributed by atoms with Crippen molar-refractivity contribution in [2.75, 3.05) is 6.61 Å². The Bertz CT molecular complexity index is 218. The summed E-state index contributed by atoms with van der Waals surface area (Å²) < 4.78 is 6.00. The maximum atomic E-state index is 9.78. The minimum atomic E-state index is -1.65. The van der Waals surface area contributed by atoms with Gasteiger partial charge >= 0.3 is 0 Å². The molecule has 0 aromatic rings. The van der Waals surface area contributed by atoms with Crippen LogP contribution in [0.3, 0.4) is 0 Å². The number of rotatable bonds is 6. The van der Waals surface area contributed by atoms with Crippen molar-refractivity contribution >= 4 is 8.32 Å². The van der Waals surface area contributed by atoms with E-state index in [2.05, 4.69) is 40.4 Å². The van der Waals surface area contributed by atoms with Crippen LogP contribution >= 0.6 is 0 Å². The molecule has 0 amide bonds. The lowest BCUT2D eigenvalue weighted by Crippen LogP contribution is -2.41. The highest BCUT2D eigenvalue weighted by molar-refractivity contribution is 6.74. The first-order valence-electron chi connectivity index (χ1n) is 6.06. The molecule has 0 saturated carbocycles. The fraction of sp³-hybridized carbons (Fsp3) is 0.846. The van der Waals surface area contributed by atoms with Crippen LogP contribution in [0, 0.1) is 5.92 Å². The van der Waals surface area contributed by atoms with Crippen LogP contribution in [0.15, 0.2) is 12.7 Å². The molecule has 0 aromatic heterocycles. The van der Waals surface area contributed by atoms with Crippen molar-refractivity contribution in [1.82, 2.24) is 0 Å². The van der Waals surface area contributed by atoms with E-state index >= 15 is 0 Å². The first kappa shape index (κ1) is 15.9. The molecule has 0 radical (unpaired) electrons. The molecule has 1 N–H and O–H groups in total. The standard InChI is InChI=1S/C13H28O2Si/c1-8-11(2)12(14)9-10-15-16(6,7)13(3,4)5/h8,11-12,14H,1,9-10H2,2-7H3/t11-,12+/m0/s1. The molecule has 2 nitrogen and oxygen atoms in total. The molecular weight excluding hydrogens is 216 g/mol. The fourth-order valence-electron chi connectivity index (χ4n) is 1.07. The zero-order valence-corrected chi connectivity index (χ0v) is 12.7. The SMILES string of the molecule is C=C[C@H](C)[C@H](O)CCO[Si](C)(C)C(C)(C)C. The molecule has 0 aromatic carbocycles. The number of aliphatic hydroxyl groups is 1. The Morgan fingerprint density at radius 2 is 1.88 bits per heavy atom. The van der Waals surface area contributed by atoms with Crippen LogP contribution < -0.4 is 0 Å². The number of aliphatic hydroxyl groups excluding tert-OH is 1. The van der Waals surface area contributed by atoms with Crippen molar-refractivity contribution in [3.63, 3.8) is 0 Å². The van der Waals surface area contributed by atoms with E-state index in [-0.39, 0.29) is 17.1 Å². The normalized spacial score (nSPS) is 16.9. The van der Waals surface area contributed by atoms with Crippen LogP contribution in [0.4, 0.5) is 0 Å². The number of hydrogen-bond donors (Lipinski definition) is 1. The van der Waals surface area contributed by atoms with Gasteiger partial charge in [-0.2, -0.15) is 0 Å². The molecule has 16 heavy (non-hydrogen) atoms. The summed E-state index contributed by atoms with van der Waals surface area (Å²) in [6.45, 7) is 17.4. The van der Waals surface area contributed by atoms with Gasteiger partial charge in [0.2, 0.25) is 0 Å². The van der Waals surface area contributed by atoms with Gasteiger partial charge in [0.05, 0.1) is 6.10 Å². The molecule has 0 aliphatic heterocycles. The molecule has 0 heterocycles. The molecule has 2 atom stereocenters. The van der Waals surface area contributed by atoms with E-state index in [1.54, 1.807) is 6.08 Å². The maximum Gasteiger partial charge on any atom is 0.191 e. The summed E-state index contributed by atoms with van der Waals surface area (Å²) in [5.41, 5.74) is 0. The van der Waals surface area contributed by atoms with Crippen molar-refractivity contribution in [1.29, 1.82) is 0 Å². The van der Waals surface area contributed by atoms with Crippen LogP contribution in [0.5, 0.6) is 0 Å². The average Bonchev–Trinajstić information content (AvgIpc) is 2.14. The van der Waals surface area contributed by atoms with E-state index in [9.17, 15) is 5.11 Å². The summed E-state index contributed by atoms with van der Waals surface area (Å²) in [7, 11) is -1.65. The molecule has 0 spiro atoms. The Balaban J connectivity index is 4.04. The summed E-state index contributed by atoms with van der Waals surface area (Å²) in [4.78, 5) is 0. The van der Waals surface area contributed by atoms with Crippen LogP contribution in [0.25, 0.3) is 0 Å². The largest absolute Gasteiger partial charge is 0.417 e. The highest BCUT2D eigenvalue weighted by atomic mass is 28.4. The maximum absolute atomic E-state index is 9.78. The predicted octanol–water partition coefficient (Wildman–Crippen LogP) is 3.58. The molecule has 0 rings (SSSR count). The molecule has 0 aliphatic rings. The van der Waals surface area contributed by atoms with Crippen molar-refractivity contribution in [2.45, 2.75) is 58.4 Å². The van der Waals surface area contributed by atoms with Crippen molar-refractivity contribution in [3.05, 3.63) is 12.7 Å². The average molecular weight is 244 g/mol. The van der Waals surface area contributed by atoms with Gasteiger partial charge in [-0.15, -0.1) is 6.58 Å². The molecular formula is C13H28O2Si. The molecule has 0 unspecified atom stereocenters. The van der Waals surface area contributed by atoms with Crippen LogP contribution in [-0.4, -0.2) is 26.1 Å². The van der Waals surface area contributed by atoms with Crippen molar-refractivity contribution in [2.24, 2.45) is 5.92 Å². The summed E-state index contributed by atoms with van der Waals surface area (Å²) in [6, 6.07) is 0. The van der Waals surface area contributed by atoms with Gasteiger partial charge in [-0.25, -0.2) is 0 Å². The van der Waals surface area contributed by atoms with Gasteiger partial charge in [0, 0.05) is 6.61 Å². The monoisotopic (exact) mass is 244 g/mol. The molecule has 0 saturated heterocycles. The summed E-state index contributed by atoms with van der Waals surface area (Å²) in [6.07, 6.45) is 2.15. The van der Waals surface area contributed by atoms with Gasteiger partial charge in [-0.05, 0) is 30.5 Å². The summed E-state index contributed by atoms with van der Waals surface area (Å²) >= 11 is 0. The smallest absolute Gasteiger partial charge is 0.191 e. The Kier molecular flexibility index (Phi) is 5.94. The van der Waals surface area contributed by atoms with Gasteiger partial charge < -0.3 is 9.53 Å². The Hall–Kier alpha value is -0.123. The molecule has 0 aliphatic carbocycles. The topological polar surface area (TPSA) is 29.5 Å². The van der Waals surface area contributed by atoms with E-state index in [4.69, 9.17) is 4.43 Å². The summed E-state index contributed by atoms with van der Waals surface area (Å²) in [5.74, 6) is 0.142. The second-order valence-electron chi connectivity index (χ2n) is 6.06. The third-order valence-electron chi connectivity index (χ3n) is 3.66. The fourth-order valence-corrected chi connectivity index (χ4v) is 2.13. The second kappa shape index (κ2) is 5.99. The lowest BCUT2D eigenvalue weighted by molar-refractivity contribution is 0.105. The van der Waals surface area contributed by atoms with Crippen molar-refractivity contribution in [3.8, 4) is 0 Å². The van der Waals surface area contributed by atoms with E-state index in [0.717, 1.165) is 0 Å². The zero-order chi connectivity index (χ0) is 13.0. The van der Waals surface area contributed by atoms with Crippen LogP contribution in [0.2, 0.25) is 18.1 Å². The van der Waals surface area contributed by atoms with E-state index < -0.39 is 8.32 Å². The van der Waals surface area contributed by atoms with Gasteiger partial charge in [0.25, 0.3) is 0 Å². The third kappa shape index (κ3) is 4.81. The van der Waals surface area contributed by atoms with Crippen LogP contribution in [-0.2, 0) is 4.43 Å². The Morgan fingerprint density at radius 1 is 1.38 bits per heavy atom. The minimum absolute atomic E-state index is 0.142. The minimum Gasteiger partial charge on any atom is -0.417 e.